The lowest BCUT2D eigenvalue weighted by Gasteiger charge is -2.14. The smallest absolute Gasteiger partial charge is 0.280 e. The summed E-state index contributed by atoms with van der Waals surface area (Å²) in [5.74, 6) is 0.492. The molecule has 2 aromatic rings. The Morgan fingerprint density at radius 3 is 2.40 bits per heavy atom. The van der Waals surface area contributed by atoms with Gasteiger partial charge >= 0.3 is 0 Å². The molecule has 2 rings (SSSR count). The van der Waals surface area contributed by atoms with E-state index in [0.29, 0.717) is 21.7 Å². The minimum absolute atomic E-state index is 0.348. The third kappa shape index (κ3) is 5.76. The number of hydrogen-bond acceptors (Lipinski definition) is 3. The number of rotatable bonds is 6. The molecule has 0 aliphatic rings. The van der Waals surface area contributed by atoms with Gasteiger partial charge in [0.2, 0.25) is 0 Å². The Kier molecular flexibility index (Phi) is 6.85. The molecule has 0 spiro atoms. The van der Waals surface area contributed by atoms with E-state index in [4.69, 9.17) is 27.9 Å². The number of nitrogens with one attached hydrogen (secondary N) is 1. The van der Waals surface area contributed by atoms with Crippen LogP contribution >= 0.6 is 23.2 Å². The van der Waals surface area contributed by atoms with E-state index in [0.717, 1.165) is 5.56 Å². The lowest BCUT2D eigenvalue weighted by Crippen LogP contribution is -2.33. The molecular weight excluding hydrogens is 359 g/mol. The molecule has 132 valence electrons. The summed E-state index contributed by atoms with van der Waals surface area (Å²) >= 11 is 11.9. The van der Waals surface area contributed by atoms with Gasteiger partial charge in [0.1, 0.15) is 5.75 Å². The highest BCUT2D eigenvalue weighted by atomic mass is 35.5. The van der Waals surface area contributed by atoms with Crippen molar-refractivity contribution in [2.45, 2.75) is 32.8 Å². The van der Waals surface area contributed by atoms with Gasteiger partial charge in [0.25, 0.3) is 5.91 Å². The molecular formula is C19H20Cl2N2O2. The average Bonchev–Trinajstić information content (AvgIpc) is 2.57. The van der Waals surface area contributed by atoms with Crippen molar-refractivity contribution < 1.29 is 9.53 Å². The van der Waals surface area contributed by atoms with Gasteiger partial charge in [-0.05, 0) is 42.2 Å². The molecule has 1 amide bonds. The summed E-state index contributed by atoms with van der Waals surface area (Å²) in [5, 5.41) is 4.81. The Hall–Kier alpha value is -2.04. The van der Waals surface area contributed by atoms with E-state index in [1.54, 1.807) is 31.3 Å². The Labute approximate surface area is 157 Å². The zero-order valence-electron chi connectivity index (χ0n) is 14.3. The molecule has 0 radical (unpaired) electrons. The van der Waals surface area contributed by atoms with Crippen molar-refractivity contribution in [1.82, 2.24) is 5.43 Å². The third-order valence-electron chi connectivity index (χ3n) is 3.56. The molecule has 0 saturated heterocycles. The first-order valence-electron chi connectivity index (χ1n) is 7.91. The highest BCUT2D eigenvalue weighted by Gasteiger charge is 2.15. The molecule has 0 aliphatic carbocycles. The summed E-state index contributed by atoms with van der Waals surface area (Å²) in [7, 11) is 0. The van der Waals surface area contributed by atoms with Crippen LogP contribution in [0.2, 0.25) is 10.0 Å². The second-order valence-corrected chi connectivity index (χ2v) is 6.73. The number of carbonyl (C=O) groups excluding carboxylic acids is 1. The van der Waals surface area contributed by atoms with Gasteiger partial charge in [-0.3, -0.25) is 4.79 Å². The SMILES string of the molecule is CC(Oc1ccc(Cl)cc1Cl)C(=O)NN=Cc1ccc(C(C)C)cc1. The van der Waals surface area contributed by atoms with Crippen LogP contribution in [-0.4, -0.2) is 18.2 Å². The lowest BCUT2D eigenvalue weighted by molar-refractivity contribution is -0.127. The van der Waals surface area contributed by atoms with Crippen LogP contribution in [0.15, 0.2) is 47.6 Å². The lowest BCUT2D eigenvalue weighted by atomic mass is 10.0. The normalized spacial score (nSPS) is 12.4. The minimum atomic E-state index is -0.751. The number of carbonyl (C=O) groups is 1. The zero-order chi connectivity index (χ0) is 18.4. The molecule has 4 nitrogen and oxygen atoms in total. The van der Waals surface area contributed by atoms with E-state index in [9.17, 15) is 4.79 Å². The fourth-order valence-electron chi connectivity index (χ4n) is 2.04. The van der Waals surface area contributed by atoms with Gasteiger partial charge in [0.05, 0.1) is 11.2 Å². The van der Waals surface area contributed by atoms with Gasteiger partial charge in [-0.15, -0.1) is 0 Å². The van der Waals surface area contributed by atoms with Crippen LogP contribution in [0.25, 0.3) is 0 Å². The fraction of sp³-hybridized carbons (Fsp3) is 0.263. The standard InChI is InChI=1S/C19H20Cl2N2O2/c1-12(2)15-6-4-14(5-7-15)11-22-23-19(24)13(3)25-18-9-8-16(20)10-17(18)21/h4-13H,1-3H3,(H,23,24). The summed E-state index contributed by atoms with van der Waals surface area (Å²) in [4.78, 5) is 12.0. The number of ether oxygens (including phenoxy) is 1. The molecule has 0 fully saturated rings. The summed E-state index contributed by atoms with van der Waals surface area (Å²) < 4.78 is 5.53. The molecule has 0 bridgehead atoms. The van der Waals surface area contributed by atoms with Crippen LogP contribution in [-0.2, 0) is 4.79 Å². The first-order valence-corrected chi connectivity index (χ1v) is 8.67. The number of nitrogens with zero attached hydrogens (tertiary/aromatic N) is 1. The summed E-state index contributed by atoms with van der Waals surface area (Å²) in [5.41, 5.74) is 4.61. The monoisotopic (exact) mass is 378 g/mol. The van der Waals surface area contributed by atoms with E-state index in [-0.39, 0.29) is 5.91 Å². The maximum atomic E-state index is 12.0. The predicted octanol–water partition coefficient (Wildman–Crippen LogP) is 5.03. The molecule has 1 N–H and O–H groups in total. The maximum Gasteiger partial charge on any atom is 0.280 e. The number of halogens is 2. The van der Waals surface area contributed by atoms with Crippen molar-refractivity contribution in [3.63, 3.8) is 0 Å². The van der Waals surface area contributed by atoms with Crippen molar-refractivity contribution in [3.8, 4) is 5.75 Å². The quantitative estimate of drug-likeness (QED) is 0.565. The minimum Gasteiger partial charge on any atom is -0.479 e. The van der Waals surface area contributed by atoms with Crippen molar-refractivity contribution in [2.24, 2.45) is 5.10 Å². The largest absolute Gasteiger partial charge is 0.479 e. The molecule has 0 heterocycles. The van der Waals surface area contributed by atoms with Gasteiger partial charge < -0.3 is 4.74 Å². The van der Waals surface area contributed by atoms with Crippen LogP contribution in [0.3, 0.4) is 0 Å². The van der Waals surface area contributed by atoms with E-state index in [2.05, 4.69) is 24.4 Å². The molecule has 6 heteroatoms. The van der Waals surface area contributed by atoms with E-state index in [1.165, 1.54) is 5.56 Å². The topological polar surface area (TPSA) is 50.7 Å². The molecule has 0 saturated carbocycles. The third-order valence-corrected chi connectivity index (χ3v) is 4.09. The zero-order valence-corrected chi connectivity index (χ0v) is 15.8. The number of hydrogen-bond donors (Lipinski definition) is 1. The van der Waals surface area contributed by atoms with Gasteiger partial charge in [0, 0.05) is 5.02 Å². The first-order chi connectivity index (χ1) is 11.9. The van der Waals surface area contributed by atoms with Crippen LogP contribution in [0.4, 0.5) is 0 Å². The van der Waals surface area contributed by atoms with Gasteiger partial charge in [-0.2, -0.15) is 5.10 Å². The van der Waals surface area contributed by atoms with Crippen LogP contribution in [0.1, 0.15) is 37.8 Å². The Balaban J connectivity index is 1.90. The molecule has 0 aliphatic heterocycles. The second kappa shape index (κ2) is 8.88. The van der Waals surface area contributed by atoms with Crippen molar-refractivity contribution in [3.05, 3.63) is 63.6 Å². The van der Waals surface area contributed by atoms with Crippen molar-refractivity contribution in [1.29, 1.82) is 0 Å². The molecule has 2 aromatic carbocycles. The van der Waals surface area contributed by atoms with Crippen LogP contribution in [0, 0.1) is 0 Å². The number of hydrazone groups is 1. The summed E-state index contributed by atoms with van der Waals surface area (Å²) in [6, 6.07) is 12.8. The van der Waals surface area contributed by atoms with E-state index >= 15 is 0 Å². The Morgan fingerprint density at radius 1 is 1.12 bits per heavy atom. The maximum absolute atomic E-state index is 12.0. The van der Waals surface area contributed by atoms with Crippen LogP contribution < -0.4 is 10.2 Å². The average molecular weight is 379 g/mol. The highest BCUT2D eigenvalue weighted by Crippen LogP contribution is 2.28. The number of benzene rings is 2. The van der Waals surface area contributed by atoms with E-state index < -0.39 is 6.10 Å². The summed E-state index contributed by atoms with van der Waals surface area (Å²) in [6.45, 7) is 5.89. The van der Waals surface area contributed by atoms with Gasteiger partial charge in [0.15, 0.2) is 6.10 Å². The van der Waals surface area contributed by atoms with Crippen LogP contribution in [0.5, 0.6) is 5.75 Å². The van der Waals surface area contributed by atoms with Crippen molar-refractivity contribution in [2.75, 3.05) is 0 Å². The van der Waals surface area contributed by atoms with Crippen molar-refractivity contribution >= 4 is 35.3 Å². The number of amides is 1. The first kappa shape index (κ1) is 19.3. The molecule has 0 aromatic heterocycles. The highest BCUT2D eigenvalue weighted by molar-refractivity contribution is 6.35. The Bertz CT molecular complexity index is 759. The van der Waals surface area contributed by atoms with Gasteiger partial charge in [-0.1, -0.05) is 61.3 Å². The fourth-order valence-corrected chi connectivity index (χ4v) is 2.50. The molecule has 25 heavy (non-hydrogen) atoms. The molecule has 1 atom stereocenters. The summed E-state index contributed by atoms with van der Waals surface area (Å²) in [6.07, 6.45) is 0.837. The predicted molar refractivity (Wildman–Crippen MR) is 103 cm³/mol. The molecule has 1 unspecified atom stereocenters. The second-order valence-electron chi connectivity index (χ2n) is 5.89. The van der Waals surface area contributed by atoms with Gasteiger partial charge in [-0.25, -0.2) is 5.43 Å². The Morgan fingerprint density at radius 2 is 1.80 bits per heavy atom. The van der Waals surface area contributed by atoms with E-state index in [1.807, 2.05) is 24.3 Å².